The summed E-state index contributed by atoms with van der Waals surface area (Å²) in [5.74, 6) is 4.84. The fraction of sp³-hybridized carbons (Fsp3) is 0.333. The fourth-order valence-corrected chi connectivity index (χ4v) is 1.93. The predicted molar refractivity (Wildman–Crippen MR) is 82.8 cm³/mol. The highest BCUT2D eigenvalue weighted by atomic mass is 35.5. The van der Waals surface area contributed by atoms with Crippen LogP contribution >= 0.6 is 11.8 Å². The van der Waals surface area contributed by atoms with Gasteiger partial charge in [0.25, 0.3) is 5.91 Å². The van der Waals surface area contributed by atoms with Gasteiger partial charge in [-0.25, -0.2) is 20.6 Å². The molecule has 0 atom stereocenters. The van der Waals surface area contributed by atoms with Crippen LogP contribution in [0.15, 0.2) is 12.4 Å². The van der Waals surface area contributed by atoms with Gasteiger partial charge in [-0.15, -0.1) is 0 Å². The summed E-state index contributed by atoms with van der Waals surface area (Å²) in [5, 5.41) is 2.55. The van der Waals surface area contributed by atoms with Gasteiger partial charge < -0.3 is 19.2 Å². The highest BCUT2D eigenvalue weighted by Gasteiger charge is 2.19. The van der Waals surface area contributed by atoms with Crippen molar-refractivity contribution in [2.45, 2.75) is 6.92 Å². The molecule has 23 heavy (non-hydrogen) atoms. The summed E-state index contributed by atoms with van der Waals surface area (Å²) in [7, 11) is 3.24. The summed E-state index contributed by atoms with van der Waals surface area (Å²) in [6, 6.07) is 0. The lowest BCUT2D eigenvalue weighted by atomic mass is 10.5. The van der Waals surface area contributed by atoms with Crippen molar-refractivity contribution in [2.24, 2.45) is 19.9 Å². The van der Waals surface area contributed by atoms with Crippen LogP contribution in [-0.4, -0.2) is 37.6 Å². The van der Waals surface area contributed by atoms with Crippen LogP contribution in [0.1, 0.15) is 28.2 Å². The number of hydrogen-bond acceptors (Lipinski definition) is 7. The third-order valence-electron chi connectivity index (χ3n) is 2.86. The van der Waals surface area contributed by atoms with Crippen LogP contribution in [0.2, 0.25) is 0 Å². The Labute approximate surface area is 136 Å². The maximum absolute atomic E-state index is 12.2. The average Bonchev–Trinajstić information content (AvgIpc) is 3.02. The second-order valence-corrected chi connectivity index (χ2v) is 4.94. The van der Waals surface area contributed by atoms with Crippen molar-refractivity contribution < 1.29 is 14.3 Å². The molecule has 10 nitrogen and oxygen atoms in total. The third-order valence-corrected chi connectivity index (χ3v) is 3.03. The molecule has 2 heterocycles. The van der Waals surface area contributed by atoms with Crippen LogP contribution < -0.4 is 15.7 Å². The van der Waals surface area contributed by atoms with E-state index in [0.29, 0.717) is 0 Å². The van der Waals surface area contributed by atoms with E-state index < -0.39 is 11.9 Å². The second-order valence-electron chi connectivity index (χ2n) is 4.58. The highest BCUT2D eigenvalue weighted by Crippen LogP contribution is 2.14. The van der Waals surface area contributed by atoms with Crippen LogP contribution in [0, 0.1) is 0 Å². The molecule has 0 aromatic carbocycles. The third kappa shape index (κ3) is 3.60. The monoisotopic (exact) mass is 341 g/mol. The van der Waals surface area contributed by atoms with Gasteiger partial charge in [-0.05, 0) is 6.92 Å². The number of carbonyl (C=O) groups is 2. The zero-order valence-electron chi connectivity index (χ0n) is 12.8. The smallest absolute Gasteiger partial charge is 0.374 e. The molecule has 0 spiro atoms. The Kier molecular flexibility index (Phi) is 4.86. The van der Waals surface area contributed by atoms with Gasteiger partial charge in [-0.1, -0.05) is 0 Å². The van der Waals surface area contributed by atoms with Crippen molar-refractivity contribution in [3.8, 4) is 0 Å². The molecule has 0 saturated heterocycles. The first kappa shape index (κ1) is 16.8. The molecule has 2 aromatic heterocycles. The standard InChI is InChI=1S/C12H16ClN7O3/c1-4-23-12(22)10-15-7(5-18(10)2)16-11(21)9-17-8(20(13)14)6-19(9)3/h5-6H,4,14H2,1-3H3,(H,16,21). The van der Waals surface area contributed by atoms with Gasteiger partial charge in [0, 0.05) is 32.1 Å². The van der Waals surface area contributed by atoms with E-state index in [1.165, 1.54) is 21.5 Å². The number of aromatic nitrogens is 4. The minimum atomic E-state index is -0.573. The van der Waals surface area contributed by atoms with Crippen molar-refractivity contribution in [1.29, 1.82) is 0 Å². The minimum Gasteiger partial charge on any atom is -0.460 e. The Morgan fingerprint density at radius 3 is 2.52 bits per heavy atom. The average molecular weight is 342 g/mol. The molecule has 0 fully saturated rings. The van der Waals surface area contributed by atoms with E-state index in [2.05, 4.69) is 15.3 Å². The number of nitrogens with one attached hydrogen (secondary N) is 1. The lowest BCUT2D eigenvalue weighted by Crippen LogP contribution is -2.19. The lowest BCUT2D eigenvalue weighted by molar-refractivity contribution is 0.0508. The summed E-state index contributed by atoms with van der Waals surface area (Å²) in [5.41, 5.74) is 0. The zero-order valence-corrected chi connectivity index (χ0v) is 13.5. The molecule has 0 bridgehead atoms. The quantitative estimate of drug-likeness (QED) is 0.350. The number of rotatable bonds is 5. The normalized spacial score (nSPS) is 10.5. The first-order chi connectivity index (χ1) is 10.8. The maximum atomic E-state index is 12.2. The van der Waals surface area contributed by atoms with Crippen LogP contribution in [-0.2, 0) is 18.8 Å². The molecular weight excluding hydrogens is 326 g/mol. The Morgan fingerprint density at radius 2 is 1.96 bits per heavy atom. The van der Waals surface area contributed by atoms with Crippen molar-refractivity contribution in [1.82, 2.24) is 19.1 Å². The number of esters is 1. The number of imidazole rings is 2. The van der Waals surface area contributed by atoms with E-state index in [-0.39, 0.29) is 29.9 Å². The Morgan fingerprint density at radius 1 is 1.30 bits per heavy atom. The molecule has 0 aliphatic rings. The van der Waals surface area contributed by atoms with Gasteiger partial charge in [-0.3, -0.25) is 4.79 Å². The van der Waals surface area contributed by atoms with Gasteiger partial charge in [-0.2, -0.15) is 4.53 Å². The fourth-order valence-electron chi connectivity index (χ4n) is 1.85. The van der Waals surface area contributed by atoms with Gasteiger partial charge in [0.1, 0.15) is 0 Å². The number of amides is 1. The van der Waals surface area contributed by atoms with Crippen LogP contribution in [0.25, 0.3) is 0 Å². The Bertz CT molecular complexity index is 737. The van der Waals surface area contributed by atoms with Gasteiger partial charge in [0.2, 0.25) is 11.6 Å². The number of nitrogens with two attached hydrogens (primary N) is 1. The molecule has 0 aliphatic heterocycles. The van der Waals surface area contributed by atoms with E-state index in [4.69, 9.17) is 22.4 Å². The van der Waals surface area contributed by atoms with Gasteiger partial charge in [0.15, 0.2) is 11.6 Å². The van der Waals surface area contributed by atoms with E-state index in [1.807, 2.05) is 0 Å². The van der Waals surface area contributed by atoms with Crippen LogP contribution in [0.3, 0.4) is 0 Å². The second kappa shape index (κ2) is 6.67. The first-order valence-corrected chi connectivity index (χ1v) is 6.93. The molecule has 1 amide bonds. The lowest BCUT2D eigenvalue weighted by Gasteiger charge is -2.01. The van der Waals surface area contributed by atoms with E-state index in [1.54, 1.807) is 21.0 Å². The van der Waals surface area contributed by atoms with Crippen molar-refractivity contribution in [2.75, 3.05) is 16.5 Å². The van der Waals surface area contributed by atoms with Gasteiger partial charge >= 0.3 is 5.97 Å². The number of hydrazine groups is 1. The molecule has 11 heteroatoms. The SMILES string of the molecule is CCOC(=O)c1nc(NC(=O)c2nc(N(N)Cl)cn2C)cn1C. The number of carbonyl (C=O) groups excluding carboxylic acids is 2. The van der Waals surface area contributed by atoms with Crippen molar-refractivity contribution in [3.05, 3.63) is 24.0 Å². The summed E-state index contributed by atoms with van der Waals surface area (Å²) in [6.45, 7) is 1.93. The van der Waals surface area contributed by atoms with Crippen molar-refractivity contribution >= 4 is 35.3 Å². The molecule has 124 valence electrons. The van der Waals surface area contributed by atoms with Crippen LogP contribution in [0.4, 0.5) is 11.6 Å². The molecule has 3 N–H and O–H groups in total. The predicted octanol–water partition coefficient (Wildman–Crippen LogP) is 0.416. The molecular formula is C12H16ClN7O3. The molecule has 2 rings (SSSR count). The van der Waals surface area contributed by atoms with E-state index in [0.717, 1.165) is 4.53 Å². The number of halogens is 1. The Balaban J connectivity index is 2.18. The highest BCUT2D eigenvalue weighted by molar-refractivity contribution is 6.24. The number of aryl methyl sites for hydroxylation is 2. The van der Waals surface area contributed by atoms with E-state index in [9.17, 15) is 9.59 Å². The maximum Gasteiger partial charge on any atom is 0.374 e. The van der Waals surface area contributed by atoms with Crippen LogP contribution in [0.5, 0.6) is 0 Å². The summed E-state index contributed by atoms with van der Waals surface area (Å²) < 4.78 is 8.57. The number of hydrogen-bond donors (Lipinski definition) is 2. The topological polar surface area (TPSA) is 120 Å². The molecule has 0 radical (unpaired) electrons. The molecule has 0 unspecified atom stereocenters. The Hall–Kier alpha value is -2.59. The minimum absolute atomic E-state index is 0.0802. The van der Waals surface area contributed by atoms with Crippen molar-refractivity contribution in [3.63, 3.8) is 0 Å². The van der Waals surface area contributed by atoms with E-state index >= 15 is 0 Å². The first-order valence-electron chi connectivity index (χ1n) is 6.59. The molecule has 0 saturated carbocycles. The zero-order chi connectivity index (χ0) is 17.1. The summed E-state index contributed by atoms with van der Waals surface area (Å²) in [6.07, 6.45) is 2.98. The number of anilines is 2. The largest absolute Gasteiger partial charge is 0.460 e. The van der Waals surface area contributed by atoms with Gasteiger partial charge in [0.05, 0.1) is 12.8 Å². The molecule has 0 aliphatic carbocycles. The molecule has 2 aromatic rings. The summed E-state index contributed by atoms with van der Waals surface area (Å²) in [4.78, 5) is 31.9. The number of ether oxygens (including phenoxy) is 1. The number of nitrogens with zero attached hydrogens (tertiary/aromatic N) is 5. The summed E-state index contributed by atoms with van der Waals surface area (Å²) >= 11 is 5.58.